The van der Waals surface area contributed by atoms with Crippen LogP contribution >= 0.6 is 6.64 Å². The number of carbonyl (C=O) groups excluding carboxylic acids is 1. The monoisotopic (exact) mass is 490 g/mol. The average molecular weight is 490 g/mol. The summed E-state index contributed by atoms with van der Waals surface area (Å²) in [6.07, 6.45) is 0.157. The number of hydrogen-bond donors (Lipinski definition) is 2. The summed E-state index contributed by atoms with van der Waals surface area (Å²) < 4.78 is 25.9. The van der Waals surface area contributed by atoms with Gasteiger partial charge in [0.15, 0.2) is 23.8 Å². The first-order valence-corrected chi connectivity index (χ1v) is 13.0. The van der Waals surface area contributed by atoms with Crippen LogP contribution in [-0.4, -0.2) is 50.4 Å². The summed E-state index contributed by atoms with van der Waals surface area (Å²) >= 11 is 5.71. The molecule has 5 atom stereocenters. The van der Waals surface area contributed by atoms with Crippen LogP contribution < -0.4 is 10.8 Å². The molecule has 4 heterocycles. The van der Waals surface area contributed by atoms with Crippen molar-refractivity contribution in [2.45, 2.75) is 38.4 Å². The lowest BCUT2D eigenvalue weighted by Gasteiger charge is -2.35. The van der Waals surface area contributed by atoms with Gasteiger partial charge in [-0.1, -0.05) is 32.0 Å². The summed E-state index contributed by atoms with van der Waals surface area (Å²) in [5.41, 5.74) is 7.60. The van der Waals surface area contributed by atoms with E-state index in [4.69, 9.17) is 36.1 Å². The molecule has 2 aliphatic rings. The second-order valence-corrected chi connectivity index (χ2v) is 11.2. The second kappa shape index (κ2) is 8.62. The van der Waals surface area contributed by atoms with Gasteiger partial charge in [-0.3, -0.25) is 9.36 Å². The van der Waals surface area contributed by atoms with Gasteiger partial charge < -0.3 is 29.3 Å². The average Bonchev–Trinajstić information content (AvgIpc) is 3.36. The van der Waals surface area contributed by atoms with Gasteiger partial charge in [-0.25, -0.2) is 15.0 Å². The van der Waals surface area contributed by atoms with Crippen molar-refractivity contribution in [2.75, 3.05) is 17.4 Å². The molecule has 174 valence electrons. The van der Waals surface area contributed by atoms with Crippen LogP contribution in [-0.2, 0) is 35.1 Å². The third-order valence-electron chi connectivity index (χ3n) is 5.38. The normalized spacial score (nSPS) is 29.2. The number of nitrogen functional groups attached to an aromatic ring is 1. The topological polar surface area (TPSA) is 136 Å². The van der Waals surface area contributed by atoms with Gasteiger partial charge in [0, 0.05) is 5.69 Å². The number of hydrogen-bond acceptors (Lipinski definition) is 10. The largest absolute Gasteiger partial charge is 0.454 e. The molecule has 1 aromatic carbocycles. The Morgan fingerprint density at radius 1 is 1.30 bits per heavy atom. The Balaban J connectivity index is 1.48. The smallest absolute Gasteiger partial charge is 0.308 e. The Morgan fingerprint density at radius 2 is 2.09 bits per heavy atom. The van der Waals surface area contributed by atoms with Crippen LogP contribution in [0.3, 0.4) is 0 Å². The van der Waals surface area contributed by atoms with E-state index < -0.39 is 31.2 Å². The summed E-state index contributed by atoms with van der Waals surface area (Å²) in [5.74, 6) is -0.480. The van der Waals surface area contributed by atoms with E-state index in [-0.39, 0.29) is 24.3 Å². The number of ether oxygens (including phenoxy) is 2. The molecule has 0 aliphatic carbocycles. The number of nitrogens with zero attached hydrogens (tertiary/aromatic N) is 4. The molecule has 0 bridgehead atoms. The number of nitrogens with one attached hydrogen (secondary N) is 1. The highest BCUT2D eigenvalue weighted by molar-refractivity contribution is 8.10. The maximum Gasteiger partial charge on any atom is 0.308 e. The summed E-state index contributed by atoms with van der Waals surface area (Å²) in [5, 5.41) is 3.18. The van der Waals surface area contributed by atoms with Crippen molar-refractivity contribution in [2.24, 2.45) is 5.92 Å². The Bertz CT molecular complexity index is 1220. The summed E-state index contributed by atoms with van der Waals surface area (Å²) in [4.78, 5) is 25.2. The van der Waals surface area contributed by atoms with E-state index in [0.29, 0.717) is 11.2 Å². The lowest BCUT2D eigenvalue weighted by atomic mass is 10.1. The van der Waals surface area contributed by atoms with Gasteiger partial charge in [-0.2, -0.15) is 0 Å². The van der Waals surface area contributed by atoms with Crippen LogP contribution in [0.2, 0.25) is 0 Å². The van der Waals surface area contributed by atoms with Crippen LogP contribution in [0.4, 0.5) is 11.5 Å². The van der Waals surface area contributed by atoms with Crippen molar-refractivity contribution in [3.63, 3.8) is 0 Å². The van der Waals surface area contributed by atoms with Crippen molar-refractivity contribution in [3.8, 4) is 0 Å². The molecule has 2 fully saturated rings. The molecule has 3 N–H and O–H groups in total. The fourth-order valence-corrected chi connectivity index (χ4v) is 6.10. The number of para-hydroxylation sites is 1. The highest BCUT2D eigenvalue weighted by atomic mass is 32.5. The summed E-state index contributed by atoms with van der Waals surface area (Å²) in [6, 6.07) is 9.42. The molecule has 0 amide bonds. The molecule has 0 spiro atoms. The third-order valence-corrected chi connectivity index (χ3v) is 7.77. The van der Waals surface area contributed by atoms with E-state index >= 15 is 0 Å². The lowest BCUT2D eigenvalue weighted by Crippen LogP contribution is -2.42. The number of anilines is 2. The molecular weight excluding hydrogens is 467 g/mol. The van der Waals surface area contributed by atoms with Crippen LogP contribution in [0.25, 0.3) is 11.2 Å². The number of rotatable bonds is 5. The maximum absolute atomic E-state index is 12.6. The first-order chi connectivity index (χ1) is 15.8. The van der Waals surface area contributed by atoms with Crippen molar-refractivity contribution in [1.29, 1.82) is 0 Å². The second-order valence-electron chi connectivity index (χ2n) is 8.05. The number of aromatic nitrogens is 4. The van der Waals surface area contributed by atoms with Gasteiger partial charge in [0.25, 0.3) is 6.64 Å². The van der Waals surface area contributed by atoms with E-state index in [0.717, 1.165) is 5.69 Å². The molecule has 0 saturated carbocycles. The maximum atomic E-state index is 12.6. The molecule has 33 heavy (non-hydrogen) atoms. The Hall–Kier alpha value is -2.63. The van der Waals surface area contributed by atoms with Crippen molar-refractivity contribution in [1.82, 2.24) is 19.5 Å². The van der Waals surface area contributed by atoms with Crippen LogP contribution in [0.15, 0.2) is 43.0 Å². The number of fused-ring (bicyclic) bond motifs is 2. The van der Waals surface area contributed by atoms with Gasteiger partial charge >= 0.3 is 5.97 Å². The minimum Gasteiger partial charge on any atom is -0.454 e. The zero-order valence-electron chi connectivity index (χ0n) is 17.9. The zero-order chi connectivity index (χ0) is 23.2. The van der Waals surface area contributed by atoms with Gasteiger partial charge in [0.2, 0.25) is 0 Å². The highest BCUT2D eigenvalue weighted by Gasteiger charge is 2.54. The fraction of sp³-hybridized carbons (Fsp3) is 0.400. The van der Waals surface area contributed by atoms with Gasteiger partial charge in [-0.15, -0.1) is 0 Å². The standard InChI is InChI=1S/C20H23N6O5PS/c1-11(2)20(27)30-16-15-13(8-28-32(33,31-15)25-12-6-4-3-5-7-12)29-19(16)26-10-24-14-17(21)22-9-23-18(14)26/h3-7,9-11,13,15-16,19H,8H2,1-2H3,(H,25,33)(H2,21,22,23)/t13-,15?,16?,19-,32?/m1/s1. The summed E-state index contributed by atoms with van der Waals surface area (Å²) in [7, 11) is 0. The predicted octanol–water partition coefficient (Wildman–Crippen LogP) is 2.63. The van der Waals surface area contributed by atoms with E-state index in [2.05, 4.69) is 20.0 Å². The van der Waals surface area contributed by atoms with Crippen LogP contribution in [0.5, 0.6) is 0 Å². The zero-order valence-corrected chi connectivity index (χ0v) is 19.6. The van der Waals surface area contributed by atoms with E-state index in [1.165, 1.54) is 12.7 Å². The fourth-order valence-electron chi connectivity index (χ4n) is 3.74. The van der Waals surface area contributed by atoms with Crippen molar-refractivity contribution >= 4 is 47.1 Å². The van der Waals surface area contributed by atoms with Gasteiger partial charge in [0.05, 0.1) is 18.9 Å². The number of carbonyl (C=O) groups is 1. The van der Waals surface area contributed by atoms with Crippen molar-refractivity contribution < 1.29 is 23.3 Å². The van der Waals surface area contributed by atoms with Gasteiger partial charge in [0.1, 0.15) is 24.1 Å². The quantitative estimate of drug-likeness (QED) is 0.403. The molecule has 0 radical (unpaired) electrons. The first kappa shape index (κ1) is 22.2. The van der Waals surface area contributed by atoms with Crippen LogP contribution in [0.1, 0.15) is 20.1 Å². The Kier molecular flexibility index (Phi) is 5.79. The molecule has 3 unspecified atom stereocenters. The van der Waals surface area contributed by atoms with E-state index in [1.54, 1.807) is 18.4 Å². The molecule has 2 aliphatic heterocycles. The molecule has 13 heteroatoms. The predicted molar refractivity (Wildman–Crippen MR) is 124 cm³/mol. The van der Waals surface area contributed by atoms with Gasteiger partial charge in [-0.05, 0) is 23.9 Å². The Labute approximate surface area is 194 Å². The SMILES string of the molecule is CC(C)C(=O)OC1C2OP(=S)(Nc3ccccc3)OC[C@H]2O[C@H]1n1cnc2c(N)ncnc21. The highest BCUT2D eigenvalue weighted by Crippen LogP contribution is 2.56. The number of imidazole rings is 1. The third kappa shape index (κ3) is 4.20. The lowest BCUT2D eigenvalue weighted by molar-refractivity contribution is -0.161. The molecule has 11 nitrogen and oxygen atoms in total. The minimum absolute atomic E-state index is 0.178. The van der Waals surface area contributed by atoms with Crippen LogP contribution in [0, 0.1) is 5.92 Å². The number of benzene rings is 1. The summed E-state index contributed by atoms with van der Waals surface area (Å²) in [6.45, 7) is 0.773. The number of esters is 1. The Morgan fingerprint density at radius 3 is 2.85 bits per heavy atom. The minimum atomic E-state index is -2.93. The molecule has 2 saturated heterocycles. The molecule has 3 aromatic rings. The number of nitrogens with two attached hydrogens (primary N) is 1. The molecule has 5 rings (SSSR count). The molecule has 2 aromatic heterocycles. The molecular formula is C20H23N6O5PS. The van der Waals surface area contributed by atoms with E-state index in [1.807, 2.05) is 30.3 Å². The van der Waals surface area contributed by atoms with E-state index in [9.17, 15) is 4.79 Å². The first-order valence-electron chi connectivity index (χ1n) is 10.4. The van der Waals surface area contributed by atoms with Crippen molar-refractivity contribution in [3.05, 3.63) is 43.0 Å².